The van der Waals surface area contributed by atoms with Crippen molar-refractivity contribution in [3.05, 3.63) is 58.3 Å². The van der Waals surface area contributed by atoms with Crippen LogP contribution in [0.1, 0.15) is 5.56 Å². The van der Waals surface area contributed by atoms with Gasteiger partial charge in [-0.15, -0.1) is 0 Å². The van der Waals surface area contributed by atoms with E-state index in [1.54, 1.807) is 24.3 Å². The van der Waals surface area contributed by atoms with Crippen molar-refractivity contribution in [3.8, 4) is 11.5 Å². The van der Waals surface area contributed by atoms with Crippen LogP contribution in [0.5, 0.6) is 11.5 Å². The lowest BCUT2D eigenvalue weighted by atomic mass is 10.2. The smallest absolute Gasteiger partial charge is 0.165 e. The first-order valence-electron chi connectivity index (χ1n) is 4.85. The van der Waals surface area contributed by atoms with Crippen LogP contribution in [0.3, 0.4) is 0 Å². The topological polar surface area (TPSA) is 9.23 Å². The third-order valence-corrected chi connectivity index (χ3v) is 2.66. The molecule has 0 N–H and O–H groups in total. The Balaban J connectivity index is 2.26. The summed E-state index contributed by atoms with van der Waals surface area (Å²) in [5, 5.41) is 0. The molecule has 2 rings (SSSR count). The van der Waals surface area contributed by atoms with Crippen LogP contribution in [0.2, 0.25) is 0 Å². The molecular formula is C13H10BrFO. The molecule has 0 saturated heterocycles. The maximum absolute atomic E-state index is 13.4. The largest absolute Gasteiger partial charge is 0.454 e. The zero-order valence-corrected chi connectivity index (χ0v) is 10.3. The van der Waals surface area contributed by atoms with Crippen LogP contribution in [-0.4, -0.2) is 0 Å². The molecule has 3 heteroatoms. The van der Waals surface area contributed by atoms with Crippen molar-refractivity contribution in [2.24, 2.45) is 0 Å². The van der Waals surface area contributed by atoms with Crippen molar-refractivity contribution < 1.29 is 9.13 Å². The molecular weight excluding hydrogens is 271 g/mol. The van der Waals surface area contributed by atoms with Crippen LogP contribution < -0.4 is 4.74 Å². The Morgan fingerprint density at radius 3 is 2.44 bits per heavy atom. The molecule has 2 aromatic carbocycles. The summed E-state index contributed by atoms with van der Waals surface area (Å²) in [5.41, 5.74) is 0.966. The van der Waals surface area contributed by atoms with Gasteiger partial charge in [-0.3, -0.25) is 0 Å². The summed E-state index contributed by atoms with van der Waals surface area (Å²) < 4.78 is 19.8. The quantitative estimate of drug-likeness (QED) is 0.776. The van der Waals surface area contributed by atoms with E-state index < -0.39 is 0 Å². The highest BCUT2D eigenvalue weighted by Crippen LogP contribution is 2.26. The van der Waals surface area contributed by atoms with Crippen molar-refractivity contribution in [1.29, 1.82) is 0 Å². The average molecular weight is 281 g/mol. The Bertz CT molecular complexity index is 494. The molecule has 16 heavy (non-hydrogen) atoms. The normalized spacial score (nSPS) is 10.2. The minimum atomic E-state index is -0.353. The maximum atomic E-state index is 13.4. The molecule has 82 valence electrons. The first kappa shape index (κ1) is 11.1. The van der Waals surface area contributed by atoms with E-state index in [1.165, 1.54) is 6.07 Å². The summed E-state index contributed by atoms with van der Waals surface area (Å²) in [6.45, 7) is 1.90. The Hall–Kier alpha value is -1.35. The lowest BCUT2D eigenvalue weighted by molar-refractivity contribution is 0.442. The number of halogens is 2. The molecule has 0 saturated carbocycles. The van der Waals surface area contributed by atoms with Gasteiger partial charge in [0.15, 0.2) is 11.6 Å². The van der Waals surface area contributed by atoms with Crippen molar-refractivity contribution in [2.45, 2.75) is 6.92 Å². The number of rotatable bonds is 2. The SMILES string of the molecule is Cc1ccc(F)c(Oc2ccc(Br)cc2)c1. The Kier molecular flexibility index (Phi) is 3.25. The van der Waals surface area contributed by atoms with E-state index in [0.29, 0.717) is 5.75 Å². The molecule has 2 aromatic rings. The Morgan fingerprint density at radius 1 is 1.06 bits per heavy atom. The van der Waals surface area contributed by atoms with Crippen molar-refractivity contribution in [1.82, 2.24) is 0 Å². The zero-order chi connectivity index (χ0) is 11.5. The first-order valence-corrected chi connectivity index (χ1v) is 5.64. The van der Waals surface area contributed by atoms with Crippen LogP contribution in [0, 0.1) is 12.7 Å². The van der Waals surface area contributed by atoms with E-state index in [4.69, 9.17) is 4.74 Å². The van der Waals surface area contributed by atoms with E-state index in [2.05, 4.69) is 15.9 Å². The molecule has 0 aliphatic heterocycles. The van der Waals surface area contributed by atoms with Crippen molar-refractivity contribution >= 4 is 15.9 Å². The van der Waals surface area contributed by atoms with Gasteiger partial charge in [-0.2, -0.15) is 0 Å². The predicted octanol–water partition coefficient (Wildman–Crippen LogP) is 4.69. The fourth-order valence-corrected chi connectivity index (χ4v) is 1.58. The second kappa shape index (κ2) is 4.66. The van der Waals surface area contributed by atoms with E-state index >= 15 is 0 Å². The van der Waals surface area contributed by atoms with Crippen LogP contribution in [0.15, 0.2) is 46.9 Å². The molecule has 0 heterocycles. The second-order valence-corrected chi connectivity index (χ2v) is 4.41. The average Bonchev–Trinajstić information content (AvgIpc) is 2.27. The third kappa shape index (κ3) is 2.61. The summed E-state index contributed by atoms with van der Waals surface area (Å²) in [4.78, 5) is 0. The van der Waals surface area contributed by atoms with Gasteiger partial charge in [-0.05, 0) is 48.9 Å². The number of hydrogen-bond donors (Lipinski definition) is 0. The van der Waals surface area contributed by atoms with Gasteiger partial charge in [-0.1, -0.05) is 22.0 Å². The van der Waals surface area contributed by atoms with Crippen LogP contribution >= 0.6 is 15.9 Å². The first-order chi connectivity index (χ1) is 7.65. The highest BCUT2D eigenvalue weighted by atomic mass is 79.9. The van der Waals surface area contributed by atoms with Crippen molar-refractivity contribution in [2.75, 3.05) is 0 Å². The van der Waals surface area contributed by atoms with Gasteiger partial charge in [0.05, 0.1) is 0 Å². The standard InChI is InChI=1S/C13H10BrFO/c1-9-2-7-12(15)13(8-9)16-11-5-3-10(14)4-6-11/h2-8H,1H3. The van der Waals surface area contributed by atoms with Gasteiger partial charge < -0.3 is 4.74 Å². The monoisotopic (exact) mass is 280 g/mol. The molecule has 0 amide bonds. The zero-order valence-electron chi connectivity index (χ0n) is 8.71. The van der Waals surface area contributed by atoms with E-state index in [-0.39, 0.29) is 11.6 Å². The van der Waals surface area contributed by atoms with Crippen LogP contribution in [0.25, 0.3) is 0 Å². The Morgan fingerprint density at radius 2 is 1.75 bits per heavy atom. The lowest BCUT2D eigenvalue weighted by Crippen LogP contribution is -1.88. The van der Waals surface area contributed by atoms with Crippen LogP contribution in [0.4, 0.5) is 4.39 Å². The Labute approximate surface area is 102 Å². The van der Waals surface area contributed by atoms with Crippen LogP contribution in [-0.2, 0) is 0 Å². The second-order valence-electron chi connectivity index (χ2n) is 3.49. The van der Waals surface area contributed by atoms with Gasteiger partial charge in [0.25, 0.3) is 0 Å². The number of ether oxygens (including phenoxy) is 1. The van der Waals surface area contributed by atoms with Gasteiger partial charge in [0, 0.05) is 4.47 Å². The molecule has 0 atom stereocenters. The minimum Gasteiger partial charge on any atom is -0.454 e. The third-order valence-electron chi connectivity index (χ3n) is 2.13. The fraction of sp³-hybridized carbons (Fsp3) is 0.0769. The van der Waals surface area contributed by atoms with E-state index in [9.17, 15) is 4.39 Å². The summed E-state index contributed by atoms with van der Waals surface area (Å²) in [6, 6.07) is 12.1. The molecule has 0 fully saturated rings. The fourth-order valence-electron chi connectivity index (χ4n) is 1.32. The molecule has 0 spiro atoms. The summed E-state index contributed by atoms with van der Waals surface area (Å²) >= 11 is 3.33. The number of aryl methyl sites for hydroxylation is 1. The predicted molar refractivity (Wildman–Crippen MR) is 65.4 cm³/mol. The highest BCUT2D eigenvalue weighted by Gasteiger charge is 2.04. The van der Waals surface area contributed by atoms with Gasteiger partial charge in [0.2, 0.25) is 0 Å². The molecule has 0 bridgehead atoms. The molecule has 1 nitrogen and oxygen atoms in total. The maximum Gasteiger partial charge on any atom is 0.165 e. The molecule has 0 aromatic heterocycles. The summed E-state index contributed by atoms with van der Waals surface area (Å²) in [6.07, 6.45) is 0. The summed E-state index contributed by atoms with van der Waals surface area (Å²) in [7, 11) is 0. The highest BCUT2D eigenvalue weighted by molar-refractivity contribution is 9.10. The van der Waals surface area contributed by atoms with E-state index in [1.807, 2.05) is 19.1 Å². The molecule has 0 aliphatic carbocycles. The lowest BCUT2D eigenvalue weighted by Gasteiger charge is -2.07. The molecule has 0 aliphatic rings. The summed E-state index contributed by atoms with van der Waals surface area (Å²) in [5.74, 6) is 0.517. The molecule has 0 radical (unpaired) electrons. The van der Waals surface area contributed by atoms with Crippen molar-refractivity contribution in [3.63, 3.8) is 0 Å². The number of benzene rings is 2. The minimum absolute atomic E-state index is 0.252. The van der Waals surface area contributed by atoms with E-state index in [0.717, 1.165) is 10.0 Å². The number of hydrogen-bond acceptors (Lipinski definition) is 1. The van der Waals surface area contributed by atoms with Gasteiger partial charge >= 0.3 is 0 Å². The van der Waals surface area contributed by atoms with Gasteiger partial charge in [0.1, 0.15) is 5.75 Å². The molecule has 0 unspecified atom stereocenters. The van der Waals surface area contributed by atoms with Gasteiger partial charge in [-0.25, -0.2) is 4.39 Å².